The first-order valence-corrected chi connectivity index (χ1v) is 8.27. The summed E-state index contributed by atoms with van der Waals surface area (Å²) in [6.45, 7) is 5.59. The fourth-order valence-electron chi connectivity index (χ4n) is 1.75. The third kappa shape index (κ3) is 4.54. The summed E-state index contributed by atoms with van der Waals surface area (Å²) in [5.41, 5.74) is 0.877. The van der Waals surface area contributed by atoms with E-state index in [1.165, 1.54) is 0 Å². The molecule has 0 saturated heterocycles. The third-order valence-corrected chi connectivity index (χ3v) is 4.26. The van der Waals surface area contributed by atoms with Crippen LogP contribution >= 0.6 is 27.3 Å². The molecule has 2 unspecified atom stereocenters. The van der Waals surface area contributed by atoms with Crippen LogP contribution in [0.25, 0.3) is 0 Å². The zero-order valence-corrected chi connectivity index (χ0v) is 14.5. The van der Waals surface area contributed by atoms with E-state index in [-0.39, 0.29) is 11.9 Å². The summed E-state index contributed by atoms with van der Waals surface area (Å²) in [6.07, 6.45) is -0.562. The number of carbonyl (C=O) groups is 1. The maximum atomic E-state index is 12.1. The van der Waals surface area contributed by atoms with Crippen LogP contribution in [0.4, 0.5) is 0 Å². The Balaban J connectivity index is 1.91. The quantitative estimate of drug-likeness (QED) is 0.871. The molecule has 6 heteroatoms. The smallest absolute Gasteiger partial charge is 0.261 e. The second-order valence-electron chi connectivity index (χ2n) is 4.74. The topological polar surface area (TPSA) is 51.2 Å². The van der Waals surface area contributed by atoms with Gasteiger partial charge in [-0.05, 0) is 45.0 Å². The molecule has 21 heavy (non-hydrogen) atoms. The Labute approximate surface area is 136 Å². The van der Waals surface area contributed by atoms with E-state index in [9.17, 15) is 4.79 Å². The molecule has 0 aliphatic rings. The number of benzene rings is 1. The van der Waals surface area contributed by atoms with Crippen molar-refractivity contribution < 1.29 is 9.53 Å². The lowest BCUT2D eigenvalue weighted by atomic mass is 10.2. The maximum absolute atomic E-state index is 12.1. The fraction of sp³-hybridized carbons (Fsp3) is 0.333. The number of rotatable bonds is 5. The minimum absolute atomic E-state index is 0.126. The highest BCUT2D eigenvalue weighted by Crippen LogP contribution is 2.18. The van der Waals surface area contributed by atoms with E-state index in [0.717, 1.165) is 15.2 Å². The van der Waals surface area contributed by atoms with E-state index >= 15 is 0 Å². The Kier molecular flexibility index (Phi) is 5.36. The summed E-state index contributed by atoms with van der Waals surface area (Å²) in [6, 6.07) is 7.27. The van der Waals surface area contributed by atoms with Crippen LogP contribution in [0.3, 0.4) is 0 Å². The highest BCUT2D eigenvalue weighted by molar-refractivity contribution is 9.10. The molecule has 0 fully saturated rings. The standard InChI is InChI=1S/C15H17BrN2O2S/c1-9(14-8-21-11(3)18-14)17-15(19)10(2)20-13-6-4-12(16)5-7-13/h4-10H,1-3H3,(H,17,19). The number of hydrogen-bond acceptors (Lipinski definition) is 4. The molecule has 1 amide bonds. The molecule has 0 aliphatic carbocycles. The Morgan fingerprint density at radius 1 is 1.33 bits per heavy atom. The average Bonchev–Trinajstić information content (AvgIpc) is 2.88. The lowest BCUT2D eigenvalue weighted by Crippen LogP contribution is -2.37. The van der Waals surface area contributed by atoms with Gasteiger partial charge >= 0.3 is 0 Å². The Morgan fingerprint density at radius 3 is 2.57 bits per heavy atom. The summed E-state index contributed by atoms with van der Waals surface area (Å²) >= 11 is 4.93. The number of carbonyl (C=O) groups excluding carboxylic acids is 1. The monoisotopic (exact) mass is 368 g/mol. The Bertz CT molecular complexity index is 612. The zero-order chi connectivity index (χ0) is 15.4. The van der Waals surface area contributed by atoms with Gasteiger partial charge in [-0.2, -0.15) is 0 Å². The van der Waals surface area contributed by atoms with E-state index < -0.39 is 6.10 Å². The van der Waals surface area contributed by atoms with Gasteiger partial charge in [0.1, 0.15) is 5.75 Å². The van der Waals surface area contributed by atoms with Gasteiger partial charge in [0.05, 0.1) is 16.7 Å². The first-order valence-electron chi connectivity index (χ1n) is 6.60. The van der Waals surface area contributed by atoms with E-state index in [1.54, 1.807) is 18.3 Å². The van der Waals surface area contributed by atoms with Crippen molar-refractivity contribution in [3.63, 3.8) is 0 Å². The van der Waals surface area contributed by atoms with Crippen molar-refractivity contribution in [3.05, 3.63) is 44.8 Å². The molecule has 2 rings (SSSR count). The van der Waals surface area contributed by atoms with Gasteiger partial charge in [-0.25, -0.2) is 4.98 Å². The summed E-state index contributed by atoms with van der Waals surface area (Å²) in [7, 11) is 0. The lowest BCUT2D eigenvalue weighted by Gasteiger charge is -2.17. The summed E-state index contributed by atoms with van der Waals surface area (Å²) in [5, 5.41) is 5.86. The number of halogens is 1. The second kappa shape index (κ2) is 7.04. The predicted octanol–water partition coefficient (Wildman–Crippen LogP) is 3.86. The second-order valence-corrected chi connectivity index (χ2v) is 6.71. The highest BCUT2D eigenvalue weighted by atomic mass is 79.9. The first kappa shape index (κ1) is 16.0. The van der Waals surface area contributed by atoms with Crippen molar-refractivity contribution in [1.82, 2.24) is 10.3 Å². The van der Waals surface area contributed by atoms with Crippen LogP contribution in [-0.2, 0) is 4.79 Å². The van der Waals surface area contributed by atoms with Crippen LogP contribution in [0, 0.1) is 6.92 Å². The van der Waals surface area contributed by atoms with Crippen molar-refractivity contribution in [2.75, 3.05) is 0 Å². The molecule has 1 aromatic heterocycles. The molecule has 1 heterocycles. The van der Waals surface area contributed by atoms with Gasteiger partial charge in [-0.15, -0.1) is 11.3 Å². The van der Waals surface area contributed by atoms with Gasteiger partial charge < -0.3 is 10.1 Å². The van der Waals surface area contributed by atoms with Gasteiger partial charge in [-0.1, -0.05) is 15.9 Å². The van der Waals surface area contributed by atoms with Gasteiger partial charge in [0.15, 0.2) is 6.10 Å². The minimum atomic E-state index is -0.562. The van der Waals surface area contributed by atoms with Crippen LogP contribution < -0.4 is 10.1 Å². The van der Waals surface area contributed by atoms with E-state index in [2.05, 4.69) is 26.2 Å². The van der Waals surface area contributed by atoms with Crippen LogP contribution in [-0.4, -0.2) is 17.0 Å². The van der Waals surface area contributed by atoms with Crippen molar-refractivity contribution in [1.29, 1.82) is 0 Å². The zero-order valence-electron chi connectivity index (χ0n) is 12.1. The summed E-state index contributed by atoms with van der Waals surface area (Å²) in [4.78, 5) is 16.5. The van der Waals surface area contributed by atoms with E-state index in [1.807, 2.05) is 43.5 Å². The average molecular weight is 369 g/mol. The molecular weight excluding hydrogens is 352 g/mol. The number of aryl methyl sites for hydroxylation is 1. The summed E-state index contributed by atoms with van der Waals surface area (Å²) in [5.74, 6) is 0.508. The SMILES string of the molecule is Cc1nc(C(C)NC(=O)C(C)Oc2ccc(Br)cc2)cs1. The van der Waals surface area contributed by atoms with Gasteiger partial charge in [0.25, 0.3) is 5.91 Å². The molecule has 4 nitrogen and oxygen atoms in total. The molecule has 0 spiro atoms. The number of amides is 1. The molecule has 2 aromatic rings. The Hall–Kier alpha value is -1.40. The molecule has 1 N–H and O–H groups in total. The maximum Gasteiger partial charge on any atom is 0.261 e. The van der Waals surface area contributed by atoms with Crippen molar-refractivity contribution in [2.24, 2.45) is 0 Å². The van der Waals surface area contributed by atoms with Crippen LogP contribution in [0.2, 0.25) is 0 Å². The molecule has 0 bridgehead atoms. The molecular formula is C15H17BrN2O2S. The fourth-order valence-corrected chi connectivity index (χ4v) is 2.73. The van der Waals surface area contributed by atoms with Crippen molar-refractivity contribution in [3.8, 4) is 5.75 Å². The van der Waals surface area contributed by atoms with Crippen LogP contribution in [0.1, 0.15) is 30.6 Å². The summed E-state index contributed by atoms with van der Waals surface area (Å²) < 4.78 is 6.59. The minimum Gasteiger partial charge on any atom is -0.481 e. The van der Waals surface area contributed by atoms with Crippen molar-refractivity contribution >= 4 is 33.2 Å². The number of thiazole rings is 1. The largest absolute Gasteiger partial charge is 0.481 e. The Morgan fingerprint density at radius 2 is 2.00 bits per heavy atom. The number of nitrogens with zero attached hydrogens (tertiary/aromatic N) is 1. The highest BCUT2D eigenvalue weighted by Gasteiger charge is 2.18. The molecule has 1 aromatic carbocycles. The predicted molar refractivity (Wildman–Crippen MR) is 87.6 cm³/mol. The normalized spacial score (nSPS) is 13.5. The molecule has 112 valence electrons. The van der Waals surface area contributed by atoms with E-state index in [0.29, 0.717) is 5.75 Å². The molecule has 2 atom stereocenters. The molecule has 0 saturated carbocycles. The van der Waals surface area contributed by atoms with Gasteiger partial charge in [-0.3, -0.25) is 4.79 Å². The number of hydrogen-bond donors (Lipinski definition) is 1. The third-order valence-electron chi connectivity index (χ3n) is 2.93. The molecule has 0 aliphatic heterocycles. The molecule has 0 radical (unpaired) electrons. The number of ether oxygens (including phenoxy) is 1. The van der Waals surface area contributed by atoms with Crippen LogP contribution in [0.15, 0.2) is 34.1 Å². The van der Waals surface area contributed by atoms with Crippen molar-refractivity contribution in [2.45, 2.75) is 32.9 Å². The van der Waals surface area contributed by atoms with Gasteiger partial charge in [0.2, 0.25) is 0 Å². The van der Waals surface area contributed by atoms with E-state index in [4.69, 9.17) is 4.74 Å². The van der Waals surface area contributed by atoms with Gasteiger partial charge in [0, 0.05) is 9.85 Å². The number of nitrogens with one attached hydrogen (secondary N) is 1. The number of aromatic nitrogens is 1. The van der Waals surface area contributed by atoms with Crippen LogP contribution in [0.5, 0.6) is 5.75 Å². The lowest BCUT2D eigenvalue weighted by molar-refractivity contribution is -0.127. The first-order chi connectivity index (χ1) is 9.95.